The Morgan fingerprint density at radius 2 is 1.93 bits per heavy atom. The first-order valence-corrected chi connectivity index (χ1v) is 11.1. The van der Waals surface area contributed by atoms with Gasteiger partial charge in [0.2, 0.25) is 0 Å². The van der Waals surface area contributed by atoms with Crippen LogP contribution in [0.4, 0.5) is 0 Å². The minimum absolute atomic E-state index is 0.173. The first-order valence-electron chi connectivity index (χ1n) is 11.1. The van der Waals surface area contributed by atoms with Crippen LogP contribution >= 0.6 is 0 Å². The highest BCUT2D eigenvalue weighted by Gasteiger charge is 2.15. The van der Waals surface area contributed by atoms with Crippen molar-refractivity contribution in [2.45, 2.75) is 64.6 Å². The van der Waals surface area contributed by atoms with Crippen LogP contribution in [-0.4, -0.2) is 47.5 Å². The lowest BCUT2D eigenvalue weighted by molar-refractivity contribution is 0.0930. The van der Waals surface area contributed by atoms with Gasteiger partial charge in [0.05, 0.1) is 6.10 Å². The van der Waals surface area contributed by atoms with Crippen LogP contribution < -0.4 is 0 Å². The van der Waals surface area contributed by atoms with Crippen LogP contribution in [0.25, 0.3) is 0 Å². The highest BCUT2D eigenvalue weighted by atomic mass is 16.5. The maximum Gasteiger partial charge on any atom is 0.0670 e. The minimum atomic E-state index is -0.334. The molecule has 1 atom stereocenters. The first-order chi connectivity index (χ1) is 14.3. The zero-order chi connectivity index (χ0) is 22.0. The van der Waals surface area contributed by atoms with E-state index >= 15 is 0 Å². The van der Waals surface area contributed by atoms with Gasteiger partial charge in [-0.3, -0.25) is 4.90 Å². The second kappa shape index (κ2) is 12.1. The van der Waals surface area contributed by atoms with Crippen molar-refractivity contribution in [3.05, 3.63) is 72.1 Å². The Morgan fingerprint density at radius 3 is 2.57 bits per heavy atom. The number of hydrogen-bond acceptors (Lipinski definition) is 3. The number of benzene rings is 1. The van der Waals surface area contributed by atoms with E-state index in [4.69, 9.17) is 4.74 Å². The van der Waals surface area contributed by atoms with E-state index in [0.29, 0.717) is 6.54 Å². The fraction of sp³-hybridized carbons (Fsp3) is 0.538. The molecule has 2 rings (SSSR count). The number of allylic oxidation sites excluding steroid dienone is 1. The Balaban J connectivity index is 2.04. The summed E-state index contributed by atoms with van der Waals surface area (Å²) in [5.41, 5.74) is 4.10. The summed E-state index contributed by atoms with van der Waals surface area (Å²) < 4.78 is 7.54. The number of methoxy groups -OCH3 is 1. The van der Waals surface area contributed by atoms with Gasteiger partial charge in [-0.15, -0.1) is 6.58 Å². The summed E-state index contributed by atoms with van der Waals surface area (Å²) >= 11 is 0. The van der Waals surface area contributed by atoms with Gasteiger partial charge in [0, 0.05) is 51.8 Å². The van der Waals surface area contributed by atoms with E-state index < -0.39 is 0 Å². The molecule has 0 aliphatic carbocycles. The lowest BCUT2D eigenvalue weighted by atomic mass is 9.87. The standard InChI is InChI=1S/C26H40N2O2/c1-6-7-11-25(29)21-27(16-9-18-30-5)20-24-10-8-17-28(24)19-22-12-14-23(15-13-22)26(2,3)4/h6,8,10,12-15,17,25,29H,1,7,9,11,16,18-21H2,2-5H3/t25-/m1/s1. The monoisotopic (exact) mass is 412 g/mol. The number of aliphatic hydroxyl groups excluding tert-OH is 1. The minimum Gasteiger partial charge on any atom is -0.392 e. The Bertz CT molecular complexity index is 743. The van der Waals surface area contributed by atoms with E-state index in [1.807, 2.05) is 6.08 Å². The number of hydrogen-bond donors (Lipinski definition) is 1. The van der Waals surface area contributed by atoms with Crippen LogP contribution in [0.2, 0.25) is 0 Å². The zero-order valence-corrected chi connectivity index (χ0v) is 19.3. The summed E-state index contributed by atoms with van der Waals surface area (Å²) in [6.07, 6.45) is 6.24. The number of aromatic nitrogens is 1. The van der Waals surface area contributed by atoms with Gasteiger partial charge in [-0.25, -0.2) is 0 Å². The summed E-state index contributed by atoms with van der Waals surface area (Å²) in [5, 5.41) is 10.4. The van der Waals surface area contributed by atoms with Crippen molar-refractivity contribution in [1.29, 1.82) is 0 Å². The van der Waals surface area contributed by atoms with Crippen molar-refractivity contribution in [2.75, 3.05) is 26.8 Å². The molecule has 1 heterocycles. The van der Waals surface area contributed by atoms with Gasteiger partial charge >= 0.3 is 0 Å². The summed E-state index contributed by atoms with van der Waals surface area (Å²) in [4.78, 5) is 2.33. The Kier molecular flexibility index (Phi) is 9.83. The predicted molar refractivity (Wildman–Crippen MR) is 126 cm³/mol. The Hall–Kier alpha value is -1.88. The second-order valence-corrected chi connectivity index (χ2v) is 9.18. The fourth-order valence-corrected chi connectivity index (χ4v) is 3.65. The number of nitrogens with zero attached hydrogens (tertiary/aromatic N) is 2. The van der Waals surface area contributed by atoms with Gasteiger partial charge in [0.25, 0.3) is 0 Å². The van der Waals surface area contributed by atoms with Gasteiger partial charge in [0.15, 0.2) is 0 Å². The van der Waals surface area contributed by atoms with Gasteiger partial charge in [0.1, 0.15) is 0 Å². The molecule has 0 saturated heterocycles. The normalized spacial score (nSPS) is 13.0. The van der Waals surface area contributed by atoms with E-state index in [1.54, 1.807) is 7.11 Å². The average Bonchev–Trinajstić information content (AvgIpc) is 3.12. The number of rotatable bonds is 13. The Labute approximate surface area is 183 Å². The maximum atomic E-state index is 10.4. The molecule has 0 saturated carbocycles. The molecular formula is C26H40N2O2. The van der Waals surface area contributed by atoms with Crippen molar-refractivity contribution < 1.29 is 9.84 Å². The quantitative estimate of drug-likeness (QED) is 0.372. The molecule has 0 fully saturated rings. The molecule has 1 aromatic heterocycles. The number of aliphatic hydroxyl groups is 1. The molecule has 30 heavy (non-hydrogen) atoms. The van der Waals surface area contributed by atoms with Gasteiger partial charge in [-0.1, -0.05) is 51.1 Å². The molecule has 0 aliphatic heterocycles. The van der Waals surface area contributed by atoms with E-state index in [2.05, 4.69) is 79.4 Å². The molecule has 4 heteroatoms. The summed E-state index contributed by atoms with van der Waals surface area (Å²) in [5.74, 6) is 0. The van der Waals surface area contributed by atoms with Gasteiger partial charge < -0.3 is 14.4 Å². The van der Waals surface area contributed by atoms with Crippen LogP contribution in [0.5, 0.6) is 0 Å². The first kappa shape index (κ1) is 24.4. The third-order valence-corrected chi connectivity index (χ3v) is 5.48. The third kappa shape index (κ3) is 8.10. The molecule has 2 aromatic rings. The van der Waals surface area contributed by atoms with Gasteiger partial charge in [-0.05, 0) is 47.9 Å². The van der Waals surface area contributed by atoms with Crippen LogP contribution in [0.1, 0.15) is 56.9 Å². The van der Waals surface area contributed by atoms with E-state index in [-0.39, 0.29) is 11.5 Å². The summed E-state index contributed by atoms with van der Waals surface area (Å²) in [6, 6.07) is 13.2. The van der Waals surface area contributed by atoms with Crippen LogP contribution in [-0.2, 0) is 23.2 Å². The lowest BCUT2D eigenvalue weighted by Crippen LogP contribution is -2.34. The van der Waals surface area contributed by atoms with Crippen molar-refractivity contribution in [2.24, 2.45) is 0 Å². The summed E-state index contributed by atoms with van der Waals surface area (Å²) in [7, 11) is 1.74. The Morgan fingerprint density at radius 1 is 1.20 bits per heavy atom. The molecule has 166 valence electrons. The molecule has 0 amide bonds. The highest BCUT2D eigenvalue weighted by molar-refractivity contribution is 5.28. The lowest BCUT2D eigenvalue weighted by Gasteiger charge is -2.26. The van der Waals surface area contributed by atoms with E-state index in [1.165, 1.54) is 16.8 Å². The van der Waals surface area contributed by atoms with Crippen LogP contribution in [0.3, 0.4) is 0 Å². The van der Waals surface area contributed by atoms with Crippen molar-refractivity contribution in [3.63, 3.8) is 0 Å². The number of ether oxygens (including phenoxy) is 1. The zero-order valence-electron chi connectivity index (χ0n) is 19.3. The topological polar surface area (TPSA) is 37.6 Å². The van der Waals surface area contributed by atoms with E-state index in [9.17, 15) is 5.11 Å². The van der Waals surface area contributed by atoms with Crippen molar-refractivity contribution in [1.82, 2.24) is 9.47 Å². The fourth-order valence-electron chi connectivity index (χ4n) is 3.65. The predicted octanol–water partition coefficient (Wildman–Crippen LogP) is 5.00. The van der Waals surface area contributed by atoms with Crippen LogP contribution in [0.15, 0.2) is 55.3 Å². The molecule has 0 unspecified atom stereocenters. The third-order valence-electron chi connectivity index (χ3n) is 5.48. The maximum absolute atomic E-state index is 10.4. The smallest absolute Gasteiger partial charge is 0.0670 e. The van der Waals surface area contributed by atoms with E-state index in [0.717, 1.165) is 45.5 Å². The molecule has 1 aromatic carbocycles. The molecule has 0 aliphatic rings. The second-order valence-electron chi connectivity index (χ2n) is 9.18. The van der Waals surface area contributed by atoms with Crippen molar-refractivity contribution in [3.8, 4) is 0 Å². The molecule has 1 N–H and O–H groups in total. The SMILES string of the molecule is C=CCC[C@@H](O)CN(CCCOC)Cc1cccn1Cc1ccc(C(C)(C)C)cc1. The van der Waals surface area contributed by atoms with Crippen LogP contribution in [0, 0.1) is 0 Å². The van der Waals surface area contributed by atoms with Crippen molar-refractivity contribution >= 4 is 0 Å². The molecule has 0 radical (unpaired) electrons. The molecule has 0 spiro atoms. The highest BCUT2D eigenvalue weighted by Crippen LogP contribution is 2.22. The van der Waals surface area contributed by atoms with Gasteiger partial charge in [-0.2, -0.15) is 0 Å². The molecular weight excluding hydrogens is 372 g/mol. The largest absolute Gasteiger partial charge is 0.392 e. The molecule has 0 bridgehead atoms. The summed E-state index contributed by atoms with van der Waals surface area (Å²) in [6.45, 7) is 14.5. The average molecular weight is 413 g/mol. The molecule has 4 nitrogen and oxygen atoms in total.